The molecule has 1 heterocycles. The first kappa shape index (κ1) is 23.0. The molecule has 8 nitrogen and oxygen atoms in total. The van der Waals surface area contributed by atoms with Crippen molar-refractivity contribution in [1.29, 1.82) is 0 Å². The van der Waals surface area contributed by atoms with Gasteiger partial charge in [0.2, 0.25) is 6.79 Å². The maximum Gasteiger partial charge on any atom is 0.546 e. The van der Waals surface area contributed by atoms with E-state index in [0.717, 1.165) is 56.2 Å². The Morgan fingerprint density at radius 3 is 2.77 bits per heavy atom. The summed E-state index contributed by atoms with van der Waals surface area (Å²) >= 11 is 0. The van der Waals surface area contributed by atoms with Crippen LogP contribution in [0.15, 0.2) is 30.5 Å². The summed E-state index contributed by atoms with van der Waals surface area (Å²) < 4.78 is 20.8. The summed E-state index contributed by atoms with van der Waals surface area (Å²) in [6.07, 6.45) is 6.08. The van der Waals surface area contributed by atoms with Crippen molar-refractivity contribution in [2.45, 2.75) is 70.3 Å². The molecule has 31 heavy (non-hydrogen) atoms. The molecule has 1 aliphatic heterocycles. The van der Waals surface area contributed by atoms with Crippen LogP contribution in [-0.4, -0.2) is 43.1 Å². The Hall–Kier alpha value is -2.68. The van der Waals surface area contributed by atoms with E-state index in [2.05, 4.69) is 11.9 Å². The molecule has 0 aromatic heterocycles. The summed E-state index contributed by atoms with van der Waals surface area (Å²) in [4.78, 5) is 24.3. The molecule has 168 valence electrons. The fourth-order valence-corrected chi connectivity index (χ4v) is 3.91. The van der Waals surface area contributed by atoms with Crippen molar-refractivity contribution in [2.24, 2.45) is 0 Å². The molecule has 0 bridgehead atoms. The van der Waals surface area contributed by atoms with E-state index in [1.54, 1.807) is 6.07 Å². The lowest BCUT2D eigenvalue weighted by Crippen LogP contribution is -2.50. The summed E-state index contributed by atoms with van der Waals surface area (Å²) in [5.74, 6) is -0.809. The van der Waals surface area contributed by atoms with Gasteiger partial charge in [-0.15, -0.1) is 0 Å². The molecule has 3 rings (SSSR count). The fraction of sp³-hybridized carbons (Fsp3) is 0.545. The lowest BCUT2D eigenvalue weighted by atomic mass is 9.72. The Morgan fingerprint density at radius 2 is 2.03 bits per heavy atom. The van der Waals surface area contributed by atoms with Gasteiger partial charge < -0.3 is 29.2 Å². The lowest BCUT2D eigenvalue weighted by molar-refractivity contribution is -0.0430. The van der Waals surface area contributed by atoms with Crippen molar-refractivity contribution in [3.63, 3.8) is 0 Å². The van der Waals surface area contributed by atoms with E-state index in [4.69, 9.17) is 18.9 Å². The maximum absolute atomic E-state index is 12.5. The van der Waals surface area contributed by atoms with Crippen LogP contribution in [0.4, 0.5) is 4.79 Å². The van der Waals surface area contributed by atoms with Gasteiger partial charge in [-0.1, -0.05) is 38.5 Å². The number of fused-ring (bicyclic) bond motifs is 1. The minimum absolute atomic E-state index is 0.136. The number of hydrogen-bond donors (Lipinski definition) is 2. The topological polar surface area (TPSA) is 103 Å². The highest BCUT2D eigenvalue weighted by atomic mass is 16.8. The van der Waals surface area contributed by atoms with Gasteiger partial charge in [-0.3, -0.25) is 0 Å². The van der Waals surface area contributed by atoms with E-state index in [1.807, 2.05) is 13.0 Å². The van der Waals surface area contributed by atoms with Crippen molar-refractivity contribution >= 4 is 19.2 Å². The number of nitrogens with one attached hydrogen (secondary N) is 1. The molecular formula is C22H30BNO7. The quantitative estimate of drug-likeness (QED) is 0.366. The molecule has 0 radical (unpaired) electrons. The summed E-state index contributed by atoms with van der Waals surface area (Å²) in [6.45, 7) is 5.45. The number of carbonyl (C=O) groups is 2. The third-order valence-electron chi connectivity index (χ3n) is 5.46. The Kier molecular flexibility index (Phi) is 8.23. The predicted octanol–water partition coefficient (Wildman–Crippen LogP) is 3.51. The van der Waals surface area contributed by atoms with Crippen LogP contribution in [0.1, 0.15) is 67.8 Å². The first-order chi connectivity index (χ1) is 15.0. The second-order valence-electron chi connectivity index (χ2n) is 7.93. The van der Waals surface area contributed by atoms with Gasteiger partial charge >= 0.3 is 19.2 Å². The zero-order chi connectivity index (χ0) is 22.2. The average Bonchev–Trinajstić information content (AvgIpc) is 2.74. The van der Waals surface area contributed by atoms with Crippen LogP contribution in [0.3, 0.4) is 0 Å². The van der Waals surface area contributed by atoms with E-state index in [-0.39, 0.29) is 23.4 Å². The minimum Gasteiger partial charge on any atom is -0.534 e. The molecule has 1 saturated carbocycles. The molecule has 2 N–H and O–H groups in total. The van der Waals surface area contributed by atoms with Crippen LogP contribution in [0.2, 0.25) is 0 Å². The van der Waals surface area contributed by atoms with Gasteiger partial charge in [0, 0.05) is 5.70 Å². The number of ether oxygens (including phenoxy) is 3. The van der Waals surface area contributed by atoms with E-state index >= 15 is 0 Å². The van der Waals surface area contributed by atoms with Gasteiger partial charge in [-0.2, -0.15) is 0 Å². The van der Waals surface area contributed by atoms with Crippen LogP contribution in [0.5, 0.6) is 5.75 Å². The van der Waals surface area contributed by atoms with Crippen molar-refractivity contribution in [3.05, 3.63) is 41.6 Å². The molecule has 0 spiro atoms. The Bertz CT molecular complexity index is 794. The minimum atomic E-state index is -1.14. The number of rotatable bonds is 8. The fourth-order valence-electron chi connectivity index (χ4n) is 3.91. The first-order valence-electron chi connectivity index (χ1n) is 10.9. The highest BCUT2D eigenvalue weighted by molar-refractivity contribution is 6.46. The monoisotopic (exact) mass is 431 g/mol. The van der Waals surface area contributed by atoms with Gasteiger partial charge in [0.15, 0.2) is 0 Å². The number of carbonyl (C=O) groups excluding carboxylic acids is 2. The van der Waals surface area contributed by atoms with E-state index < -0.39 is 26.0 Å². The van der Waals surface area contributed by atoms with Crippen LogP contribution in [-0.2, 0) is 20.6 Å². The highest BCUT2D eigenvalue weighted by Crippen LogP contribution is 2.31. The Morgan fingerprint density at radius 1 is 1.26 bits per heavy atom. The summed E-state index contributed by atoms with van der Waals surface area (Å²) in [5.41, 5.74) is 1.75. The molecule has 0 saturated heterocycles. The van der Waals surface area contributed by atoms with Crippen molar-refractivity contribution in [2.75, 3.05) is 6.79 Å². The molecular weight excluding hydrogens is 401 g/mol. The molecule has 1 aromatic carbocycles. The SMILES string of the molecule is C=C(CCC)NC1Cc2cccc(C(=O)OCOC(=O)OC3CCCCC3)c2OB1O. The molecule has 1 aliphatic carbocycles. The summed E-state index contributed by atoms with van der Waals surface area (Å²) in [7, 11) is -1.14. The molecule has 2 aliphatic rings. The Labute approximate surface area is 183 Å². The summed E-state index contributed by atoms with van der Waals surface area (Å²) in [6, 6.07) is 5.08. The third kappa shape index (κ3) is 6.40. The molecule has 0 amide bonds. The highest BCUT2D eigenvalue weighted by Gasteiger charge is 2.37. The third-order valence-corrected chi connectivity index (χ3v) is 5.46. The van der Waals surface area contributed by atoms with Crippen LogP contribution < -0.4 is 9.97 Å². The average molecular weight is 431 g/mol. The number of benzene rings is 1. The normalized spacial score (nSPS) is 18.4. The van der Waals surface area contributed by atoms with Crippen LogP contribution in [0, 0.1) is 0 Å². The van der Waals surface area contributed by atoms with Gasteiger partial charge in [0.05, 0.1) is 5.94 Å². The molecule has 1 aromatic rings. The van der Waals surface area contributed by atoms with Gasteiger partial charge in [0.25, 0.3) is 0 Å². The van der Waals surface area contributed by atoms with E-state index in [0.29, 0.717) is 6.42 Å². The van der Waals surface area contributed by atoms with E-state index in [1.165, 1.54) is 6.07 Å². The Balaban J connectivity index is 1.53. The van der Waals surface area contributed by atoms with Gasteiger partial charge in [-0.05, 0) is 50.2 Å². The first-order valence-corrected chi connectivity index (χ1v) is 10.9. The molecule has 1 fully saturated rings. The summed E-state index contributed by atoms with van der Waals surface area (Å²) in [5, 5.41) is 13.6. The predicted molar refractivity (Wildman–Crippen MR) is 114 cm³/mol. The smallest absolute Gasteiger partial charge is 0.534 e. The number of allylic oxidation sites excluding steroid dienone is 1. The van der Waals surface area contributed by atoms with Gasteiger partial charge in [0.1, 0.15) is 17.4 Å². The second kappa shape index (κ2) is 11.1. The largest absolute Gasteiger partial charge is 0.546 e. The van der Waals surface area contributed by atoms with Crippen LogP contribution in [0.25, 0.3) is 0 Å². The molecule has 1 unspecified atom stereocenters. The maximum atomic E-state index is 12.5. The number of hydrogen-bond acceptors (Lipinski definition) is 8. The van der Waals surface area contributed by atoms with Crippen molar-refractivity contribution < 1.29 is 33.5 Å². The van der Waals surface area contributed by atoms with Crippen LogP contribution >= 0.6 is 0 Å². The van der Waals surface area contributed by atoms with Crippen molar-refractivity contribution in [1.82, 2.24) is 5.32 Å². The zero-order valence-electron chi connectivity index (χ0n) is 17.9. The zero-order valence-corrected chi connectivity index (χ0v) is 17.9. The number of para-hydroxylation sites is 1. The lowest BCUT2D eigenvalue weighted by Gasteiger charge is -2.30. The van der Waals surface area contributed by atoms with Crippen molar-refractivity contribution in [3.8, 4) is 5.75 Å². The number of esters is 1. The standard InChI is InChI=1S/C22H30BNO7/c1-3-8-15(2)24-19-13-16-9-7-12-18(20(16)31-23(19)27)21(25)28-14-29-22(26)30-17-10-5-4-6-11-17/h7,9,12,17,19,24,27H,2-6,8,10-11,13-14H2,1H3. The second-order valence-corrected chi connectivity index (χ2v) is 7.93. The van der Waals surface area contributed by atoms with E-state index in [9.17, 15) is 14.6 Å². The molecule has 9 heteroatoms. The molecule has 1 atom stereocenters. The van der Waals surface area contributed by atoms with Gasteiger partial charge in [-0.25, -0.2) is 9.59 Å².